The number of imidazole rings is 1. The van der Waals surface area contributed by atoms with E-state index >= 15 is 0 Å². The van der Waals surface area contributed by atoms with Crippen LogP contribution in [0.5, 0.6) is 0 Å². The quantitative estimate of drug-likeness (QED) is 0.0544. The van der Waals surface area contributed by atoms with Gasteiger partial charge in [0, 0.05) is 24.9 Å². The summed E-state index contributed by atoms with van der Waals surface area (Å²) in [4.78, 5) is 39.0. The average Bonchev–Trinajstić information content (AvgIpc) is 3.71. The lowest BCUT2D eigenvalue weighted by Gasteiger charge is -2.14. The van der Waals surface area contributed by atoms with Gasteiger partial charge < -0.3 is 14.0 Å². The first-order chi connectivity index (χ1) is 24.2. The molecule has 0 unspecified atom stereocenters. The van der Waals surface area contributed by atoms with Crippen LogP contribution in [0.25, 0.3) is 22.5 Å². The molecule has 18 nitrogen and oxygen atoms in total. The predicted molar refractivity (Wildman–Crippen MR) is 171 cm³/mol. The summed E-state index contributed by atoms with van der Waals surface area (Å²) in [5, 5.41) is 45.9. The second-order valence-electron chi connectivity index (χ2n) is 10.9. The van der Waals surface area contributed by atoms with Gasteiger partial charge in [0.25, 0.3) is 0 Å². The van der Waals surface area contributed by atoms with Gasteiger partial charge in [-0.05, 0) is 47.6 Å². The number of ether oxygens (including phenoxy) is 2. The number of benzene rings is 2. The minimum Gasteiger partial charge on any atom is -0.459 e. The summed E-state index contributed by atoms with van der Waals surface area (Å²) in [5.74, 6) is 0.509. The molecule has 0 saturated heterocycles. The molecule has 0 aliphatic carbocycles. The van der Waals surface area contributed by atoms with Crippen LogP contribution in [0.4, 0.5) is 4.79 Å². The number of tetrazole rings is 1. The summed E-state index contributed by atoms with van der Waals surface area (Å²) in [6, 6.07) is 15.3. The van der Waals surface area contributed by atoms with Crippen LogP contribution in [-0.4, -0.2) is 93.3 Å². The molecule has 4 aromatic rings. The lowest BCUT2D eigenvalue weighted by atomic mass is 9.98. The number of rotatable bonds is 20. The first kappa shape index (κ1) is 38.4. The second kappa shape index (κ2) is 19.7. The highest BCUT2D eigenvalue weighted by Gasteiger charge is 2.19. The summed E-state index contributed by atoms with van der Waals surface area (Å²) in [5.41, 5.74) is 3.84. The van der Waals surface area contributed by atoms with E-state index < -0.39 is 17.5 Å². The van der Waals surface area contributed by atoms with Gasteiger partial charge in [-0.15, -0.1) is 10.2 Å². The molecule has 0 spiro atoms. The standard InChI is InChI=1S/C31H39ClN8O10/c1-2-3-11-27-33-29(32)26(21-48-28(41)12-8-19-50-40(45)46)37(27)20-22-13-15-23(16-14-22)24-9-4-5-10-25(24)30-34-36-38(35-30)31(42)47-17-6-7-18-49-39(43)44/h4-5,9-10,13-16,43-46H,2-3,6-8,11-12,17-21H2,1H3. The van der Waals surface area contributed by atoms with Crippen LogP contribution in [0.1, 0.15) is 62.5 Å². The number of aryl methyl sites for hydroxylation is 1. The van der Waals surface area contributed by atoms with Crippen molar-refractivity contribution in [1.82, 2.24) is 40.5 Å². The molecule has 0 amide bonds. The molecule has 0 bridgehead atoms. The van der Waals surface area contributed by atoms with E-state index in [-0.39, 0.29) is 55.6 Å². The zero-order chi connectivity index (χ0) is 35.9. The van der Waals surface area contributed by atoms with Crippen molar-refractivity contribution in [3.05, 3.63) is 70.8 Å². The molecule has 0 aliphatic heterocycles. The van der Waals surface area contributed by atoms with Crippen LogP contribution in [0.2, 0.25) is 5.15 Å². The van der Waals surface area contributed by atoms with Crippen molar-refractivity contribution in [3.63, 3.8) is 0 Å². The van der Waals surface area contributed by atoms with E-state index in [0.29, 0.717) is 37.1 Å². The Morgan fingerprint density at radius 2 is 1.54 bits per heavy atom. The first-order valence-electron chi connectivity index (χ1n) is 15.8. The lowest BCUT2D eigenvalue weighted by molar-refractivity contribution is -0.492. The highest BCUT2D eigenvalue weighted by molar-refractivity contribution is 6.30. The van der Waals surface area contributed by atoms with E-state index in [1.54, 1.807) is 0 Å². The topological polar surface area (TPSA) is 220 Å². The van der Waals surface area contributed by atoms with Gasteiger partial charge in [-0.3, -0.25) is 35.3 Å². The highest BCUT2D eigenvalue weighted by atomic mass is 35.5. The van der Waals surface area contributed by atoms with Gasteiger partial charge in [0.1, 0.15) is 12.4 Å². The Morgan fingerprint density at radius 1 is 0.860 bits per heavy atom. The van der Waals surface area contributed by atoms with Gasteiger partial charge in [0.15, 0.2) is 5.15 Å². The van der Waals surface area contributed by atoms with Crippen LogP contribution in [0, 0.1) is 0 Å². The van der Waals surface area contributed by atoms with Crippen molar-refractivity contribution in [1.29, 1.82) is 0 Å². The fourth-order valence-electron chi connectivity index (χ4n) is 4.81. The van der Waals surface area contributed by atoms with Gasteiger partial charge in [0.05, 0.1) is 36.3 Å². The molecule has 2 aromatic heterocycles. The zero-order valence-corrected chi connectivity index (χ0v) is 28.1. The Hall–Kier alpha value is -4.37. The maximum Gasteiger partial charge on any atom is 0.453 e. The number of unbranched alkanes of at least 4 members (excludes halogenated alkanes) is 2. The number of aromatic nitrogens is 6. The fraction of sp³-hybridized carbons (Fsp3) is 0.419. The third kappa shape index (κ3) is 11.6. The van der Waals surface area contributed by atoms with Gasteiger partial charge in [0.2, 0.25) is 5.82 Å². The molecule has 0 aliphatic rings. The van der Waals surface area contributed by atoms with Crippen LogP contribution >= 0.6 is 11.6 Å². The van der Waals surface area contributed by atoms with Gasteiger partial charge in [-0.2, -0.15) is 0 Å². The number of esters is 1. The summed E-state index contributed by atoms with van der Waals surface area (Å²) >= 11 is 6.52. The molecule has 4 N–H and O–H groups in total. The summed E-state index contributed by atoms with van der Waals surface area (Å²) in [7, 11) is 0. The third-order valence-corrected chi connectivity index (χ3v) is 7.58. The fourth-order valence-corrected chi connectivity index (χ4v) is 5.06. The maximum absolute atomic E-state index is 12.4. The molecule has 50 heavy (non-hydrogen) atoms. The molecule has 2 heterocycles. The third-order valence-electron chi connectivity index (χ3n) is 7.28. The Bertz CT molecular complexity index is 1670. The Labute approximate surface area is 291 Å². The maximum atomic E-state index is 12.4. The molecule has 270 valence electrons. The molecule has 2 aromatic carbocycles. The SMILES string of the molecule is CCCCc1nc(Cl)c(COC(=O)CCCON(O)O)n1Cc1ccc(-c2ccccc2-c2nnn(C(=O)OCCCCON(O)O)n2)cc1. The van der Waals surface area contributed by atoms with Crippen molar-refractivity contribution >= 4 is 23.7 Å². The summed E-state index contributed by atoms with van der Waals surface area (Å²) < 4.78 is 12.6. The van der Waals surface area contributed by atoms with Gasteiger partial charge >= 0.3 is 12.1 Å². The summed E-state index contributed by atoms with van der Waals surface area (Å²) in [6.45, 7) is 2.42. The Morgan fingerprint density at radius 3 is 2.24 bits per heavy atom. The normalized spacial score (nSPS) is 11.4. The molecule has 0 atom stereocenters. The van der Waals surface area contributed by atoms with E-state index in [1.165, 1.54) is 0 Å². The molecule has 0 fully saturated rings. The molecule has 0 radical (unpaired) electrons. The molecular weight excluding hydrogens is 680 g/mol. The number of nitrogens with zero attached hydrogens (tertiary/aromatic N) is 8. The van der Waals surface area contributed by atoms with Crippen LogP contribution in [-0.2, 0) is 43.5 Å². The highest BCUT2D eigenvalue weighted by Crippen LogP contribution is 2.30. The lowest BCUT2D eigenvalue weighted by Crippen LogP contribution is -2.18. The van der Waals surface area contributed by atoms with Crippen LogP contribution < -0.4 is 0 Å². The number of hydrogen-bond acceptors (Lipinski definition) is 16. The monoisotopic (exact) mass is 718 g/mol. The Kier molecular flexibility index (Phi) is 15.2. The van der Waals surface area contributed by atoms with E-state index in [1.807, 2.05) is 53.1 Å². The van der Waals surface area contributed by atoms with E-state index in [4.69, 9.17) is 41.9 Å². The van der Waals surface area contributed by atoms with Crippen molar-refractivity contribution in [2.24, 2.45) is 0 Å². The van der Waals surface area contributed by atoms with Gasteiger partial charge in [-0.1, -0.05) is 78.3 Å². The number of carbonyl (C=O) groups is 2. The second-order valence-corrected chi connectivity index (χ2v) is 11.2. The van der Waals surface area contributed by atoms with Crippen molar-refractivity contribution in [3.8, 4) is 22.5 Å². The molecule has 0 saturated carbocycles. The van der Waals surface area contributed by atoms with Crippen molar-refractivity contribution < 1.29 is 49.6 Å². The van der Waals surface area contributed by atoms with E-state index in [0.717, 1.165) is 40.2 Å². The number of carbonyl (C=O) groups excluding carboxylic acids is 2. The Balaban J connectivity index is 1.43. The van der Waals surface area contributed by atoms with Crippen LogP contribution in [0.15, 0.2) is 48.5 Å². The van der Waals surface area contributed by atoms with E-state index in [9.17, 15) is 9.59 Å². The smallest absolute Gasteiger partial charge is 0.453 e. The molecular formula is C31H39ClN8O10. The average molecular weight is 719 g/mol. The van der Waals surface area contributed by atoms with Crippen molar-refractivity contribution in [2.75, 3.05) is 19.8 Å². The minimum atomic E-state index is -0.809. The molecule has 19 heteroatoms. The predicted octanol–water partition coefficient (Wildman–Crippen LogP) is 4.86. The largest absolute Gasteiger partial charge is 0.459 e. The van der Waals surface area contributed by atoms with Crippen molar-refractivity contribution in [2.45, 2.75) is 65.0 Å². The number of hydrogen-bond donors (Lipinski definition) is 4. The zero-order valence-electron chi connectivity index (χ0n) is 27.3. The summed E-state index contributed by atoms with van der Waals surface area (Å²) in [6.07, 6.45) is 2.80. The molecule has 4 rings (SSSR count). The first-order valence-corrected chi connectivity index (χ1v) is 16.2. The number of halogens is 1. The van der Waals surface area contributed by atoms with Gasteiger partial charge in [-0.25, -0.2) is 9.78 Å². The minimum absolute atomic E-state index is 0.00986. The van der Waals surface area contributed by atoms with E-state index in [2.05, 4.69) is 37.0 Å². The van der Waals surface area contributed by atoms with Crippen LogP contribution in [0.3, 0.4) is 0 Å².